The molecule has 0 aliphatic carbocycles. The minimum Gasteiger partial charge on any atom is -0.408 e. The molecule has 1 heterocycles. The predicted molar refractivity (Wildman–Crippen MR) is 87.4 cm³/mol. The SMILES string of the molecule is O=C(Cn1c(=O)oc2ccccc21)Nc1ccccc1SC(F)F. The number of para-hydroxylation sites is 3. The van der Waals surface area contributed by atoms with E-state index in [1.54, 1.807) is 36.4 Å². The Labute approximate surface area is 139 Å². The summed E-state index contributed by atoms with van der Waals surface area (Å²) in [6.07, 6.45) is 0. The zero-order valence-corrected chi connectivity index (χ0v) is 13.1. The van der Waals surface area contributed by atoms with E-state index in [0.717, 1.165) is 0 Å². The molecule has 2 aromatic carbocycles. The Kier molecular flexibility index (Phi) is 4.66. The zero-order chi connectivity index (χ0) is 17.1. The number of carbonyl (C=O) groups excluding carboxylic acids is 1. The number of nitrogens with one attached hydrogen (secondary N) is 1. The van der Waals surface area contributed by atoms with Crippen molar-refractivity contribution in [1.82, 2.24) is 4.57 Å². The summed E-state index contributed by atoms with van der Waals surface area (Å²) in [6, 6.07) is 13.0. The van der Waals surface area contributed by atoms with E-state index in [0.29, 0.717) is 22.9 Å². The van der Waals surface area contributed by atoms with Crippen LogP contribution in [0.2, 0.25) is 0 Å². The van der Waals surface area contributed by atoms with Crippen LogP contribution in [-0.2, 0) is 11.3 Å². The van der Waals surface area contributed by atoms with Gasteiger partial charge in [0.15, 0.2) is 5.58 Å². The van der Waals surface area contributed by atoms with Gasteiger partial charge in [0, 0.05) is 4.90 Å². The monoisotopic (exact) mass is 350 g/mol. The summed E-state index contributed by atoms with van der Waals surface area (Å²) >= 11 is 0.346. The number of nitrogens with zero attached hydrogens (tertiary/aromatic N) is 1. The van der Waals surface area contributed by atoms with Crippen LogP contribution in [0.1, 0.15) is 0 Å². The molecular formula is C16H12F2N2O3S. The van der Waals surface area contributed by atoms with Crippen LogP contribution in [0.5, 0.6) is 0 Å². The molecule has 0 bridgehead atoms. The van der Waals surface area contributed by atoms with Gasteiger partial charge in [-0.15, -0.1) is 0 Å². The number of carbonyl (C=O) groups is 1. The van der Waals surface area contributed by atoms with Gasteiger partial charge < -0.3 is 9.73 Å². The van der Waals surface area contributed by atoms with Crippen LogP contribution in [0.3, 0.4) is 0 Å². The molecule has 0 aliphatic rings. The molecule has 124 valence electrons. The van der Waals surface area contributed by atoms with Crippen molar-refractivity contribution in [3.8, 4) is 0 Å². The van der Waals surface area contributed by atoms with Crippen molar-refractivity contribution in [2.75, 3.05) is 5.32 Å². The van der Waals surface area contributed by atoms with Gasteiger partial charge >= 0.3 is 5.76 Å². The van der Waals surface area contributed by atoms with Crippen molar-refractivity contribution < 1.29 is 18.0 Å². The third-order valence-electron chi connectivity index (χ3n) is 3.25. The number of aromatic nitrogens is 1. The molecule has 0 unspecified atom stereocenters. The average molecular weight is 350 g/mol. The van der Waals surface area contributed by atoms with E-state index in [-0.39, 0.29) is 17.1 Å². The van der Waals surface area contributed by atoms with Crippen LogP contribution in [-0.4, -0.2) is 16.2 Å². The van der Waals surface area contributed by atoms with E-state index in [2.05, 4.69) is 5.32 Å². The molecule has 1 aromatic heterocycles. The van der Waals surface area contributed by atoms with Crippen LogP contribution in [0.4, 0.5) is 14.5 Å². The van der Waals surface area contributed by atoms with Gasteiger partial charge in [-0.1, -0.05) is 36.0 Å². The van der Waals surface area contributed by atoms with Crippen molar-refractivity contribution in [3.63, 3.8) is 0 Å². The minimum atomic E-state index is -2.59. The predicted octanol–water partition coefficient (Wildman–Crippen LogP) is 3.55. The van der Waals surface area contributed by atoms with E-state index >= 15 is 0 Å². The van der Waals surface area contributed by atoms with E-state index in [4.69, 9.17) is 4.42 Å². The van der Waals surface area contributed by atoms with Crippen LogP contribution in [0.15, 0.2) is 62.6 Å². The largest absolute Gasteiger partial charge is 0.420 e. The molecule has 0 fully saturated rings. The van der Waals surface area contributed by atoms with Crippen molar-refractivity contribution >= 4 is 34.5 Å². The summed E-state index contributed by atoms with van der Waals surface area (Å²) in [5, 5.41) is 2.55. The molecule has 0 aliphatic heterocycles. The van der Waals surface area contributed by atoms with Gasteiger partial charge in [-0.3, -0.25) is 9.36 Å². The molecule has 5 nitrogen and oxygen atoms in total. The summed E-state index contributed by atoms with van der Waals surface area (Å²) < 4.78 is 31.4. The lowest BCUT2D eigenvalue weighted by atomic mass is 10.3. The van der Waals surface area contributed by atoms with Gasteiger partial charge in [0.05, 0.1) is 11.2 Å². The molecule has 3 rings (SSSR count). The van der Waals surface area contributed by atoms with Gasteiger partial charge in [-0.05, 0) is 24.3 Å². The number of fused-ring (bicyclic) bond motifs is 1. The molecular weight excluding hydrogens is 338 g/mol. The third kappa shape index (κ3) is 3.48. The van der Waals surface area contributed by atoms with Crippen molar-refractivity contribution in [3.05, 3.63) is 59.1 Å². The van der Waals surface area contributed by atoms with Crippen LogP contribution >= 0.6 is 11.8 Å². The van der Waals surface area contributed by atoms with Crippen LogP contribution in [0.25, 0.3) is 11.1 Å². The Morgan fingerprint density at radius 3 is 2.67 bits per heavy atom. The second kappa shape index (κ2) is 6.88. The summed E-state index contributed by atoms with van der Waals surface area (Å²) in [7, 11) is 0. The Morgan fingerprint density at radius 2 is 1.88 bits per heavy atom. The number of hydrogen-bond acceptors (Lipinski definition) is 4. The molecule has 0 saturated heterocycles. The molecule has 1 N–H and O–H groups in total. The van der Waals surface area contributed by atoms with E-state index < -0.39 is 17.4 Å². The summed E-state index contributed by atoms with van der Waals surface area (Å²) in [4.78, 5) is 24.3. The number of amides is 1. The molecule has 0 spiro atoms. The number of thioether (sulfide) groups is 1. The Balaban J connectivity index is 1.81. The fourth-order valence-corrected chi connectivity index (χ4v) is 2.86. The van der Waals surface area contributed by atoms with Crippen molar-refractivity contribution in [1.29, 1.82) is 0 Å². The second-order valence-corrected chi connectivity index (χ2v) is 5.88. The highest BCUT2D eigenvalue weighted by atomic mass is 32.2. The maximum absolute atomic E-state index is 12.6. The standard InChI is InChI=1S/C16H12F2N2O3S/c17-15(18)24-13-8-4-1-5-10(13)19-14(21)9-20-11-6-2-3-7-12(11)23-16(20)22/h1-8,15H,9H2,(H,19,21). The van der Waals surface area contributed by atoms with Gasteiger partial charge in [0.25, 0.3) is 5.76 Å². The van der Waals surface area contributed by atoms with Crippen LogP contribution in [0, 0.1) is 0 Å². The first-order valence-corrected chi connectivity index (χ1v) is 7.84. The number of hydrogen-bond donors (Lipinski definition) is 1. The van der Waals surface area contributed by atoms with E-state index in [9.17, 15) is 18.4 Å². The summed E-state index contributed by atoms with van der Waals surface area (Å²) in [6.45, 7) is -0.274. The smallest absolute Gasteiger partial charge is 0.408 e. The zero-order valence-electron chi connectivity index (χ0n) is 12.2. The van der Waals surface area contributed by atoms with E-state index in [1.807, 2.05) is 0 Å². The molecule has 24 heavy (non-hydrogen) atoms. The van der Waals surface area contributed by atoms with Gasteiger partial charge in [0.2, 0.25) is 5.91 Å². The molecule has 3 aromatic rings. The van der Waals surface area contributed by atoms with Gasteiger partial charge in [-0.2, -0.15) is 8.78 Å². The number of oxazole rings is 1. The Bertz CT molecular complexity index is 936. The lowest BCUT2D eigenvalue weighted by molar-refractivity contribution is -0.116. The minimum absolute atomic E-state index is 0.255. The number of anilines is 1. The highest BCUT2D eigenvalue weighted by molar-refractivity contribution is 7.99. The molecule has 0 radical (unpaired) electrons. The lowest BCUT2D eigenvalue weighted by Gasteiger charge is -2.10. The third-order valence-corrected chi connectivity index (χ3v) is 4.04. The molecule has 0 saturated carbocycles. The maximum atomic E-state index is 12.6. The summed E-state index contributed by atoms with van der Waals surface area (Å²) in [5.41, 5.74) is 1.14. The number of alkyl halides is 2. The molecule has 1 amide bonds. The topological polar surface area (TPSA) is 64.2 Å². The normalized spacial score (nSPS) is 11.1. The maximum Gasteiger partial charge on any atom is 0.420 e. The lowest BCUT2D eigenvalue weighted by Crippen LogP contribution is -2.25. The molecule has 8 heteroatoms. The Hall–Kier alpha value is -2.61. The first-order valence-electron chi connectivity index (χ1n) is 6.96. The molecule has 0 atom stereocenters. The van der Waals surface area contributed by atoms with Crippen molar-refractivity contribution in [2.24, 2.45) is 0 Å². The quantitative estimate of drug-likeness (QED) is 0.715. The van der Waals surface area contributed by atoms with Crippen molar-refractivity contribution in [2.45, 2.75) is 17.2 Å². The number of rotatable bonds is 5. The van der Waals surface area contributed by atoms with Gasteiger partial charge in [-0.25, -0.2) is 4.79 Å². The fourth-order valence-electron chi connectivity index (χ4n) is 2.27. The second-order valence-electron chi connectivity index (χ2n) is 4.84. The summed E-state index contributed by atoms with van der Waals surface area (Å²) in [5.74, 6) is -3.75. The van der Waals surface area contributed by atoms with E-state index in [1.165, 1.54) is 16.7 Å². The van der Waals surface area contributed by atoms with Crippen LogP contribution < -0.4 is 11.1 Å². The first kappa shape index (κ1) is 16.3. The number of benzene rings is 2. The first-order chi connectivity index (χ1) is 11.5. The average Bonchev–Trinajstić information content (AvgIpc) is 2.85. The fraction of sp³-hybridized carbons (Fsp3) is 0.125. The van der Waals surface area contributed by atoms with Gasteiger partial charge in [0.1, 0.15) is 6.54 Å². The highest BCUT2D eigenvalue weighted by Gasteiger charge is 2.15. The Morgan fingerprint density at radius 1 is 1.17 bits per heavy atom. The number of halogens is 2. The highest BCUT2D eigenvalue weighted by Crippen LogP contribution is 2.31.